The van der Waals surface area contributed by atoms with Crippen molar-refractivity contribution in [1.29, 1.82) is 0 Å². The van der Waals surface area contributed by atoms with E-state index in [0.717, 1.165) is 43.1 Å². The van der Waals surface area contributed by atoms with Crippen LogP contribution in [0.5, 0.6) is 0 Å². The Morgan fingerprint density at radius 3 is 2.59 bits per heavy atom. The molecule has 0 bridgehead atoms. The monoisotopic (exact) mass is 253 g/mol. The summed E-state index contributed by atoms with van der Waals surface area (Å²) in [4.78, 5) is 13.2. The van der Waals surface area contributed by atoms with Crippen molar-refractivity contribution >= 4 is 23.3 Å². The molecular formula is C13H16ClNO2. The van der Waals surface area contributed by atoms with Gasteiger partial charge in [0.2, 0.25) is 0 Å². The van der Waals surface area contributed by atoms with Crippen LogP contribution >= 0.6 is 11.6 Å². The summed E-state index contributed by atoms with van der Waals surface area (Å²) < 4.78 is 0. The Morgan fingerprint density at radius 2 is 1.94 bits per heavy atom. The molecule has 1 aliphatic rings. The van der Waals surface area contributed by atoms with E-state index in [4.69, 9.17) is 16.7 Å². The van der Waals surface area contributed by atoms with Crippen molar-refractivity contribution < 1.29 is 9.90 Å². The van der Waals surface area contributed by atoms with Gasteiger partial charge in [-0.2, -0.15) is 0 Å². The maximum atomic E-state index is 11.0. The smallest absolute Gasteiger partial charge is 0.306 e. The minimum Gasteiger partial charge on any atom is -0.481 e. The Morgan fingerprint density at radius 1 is 1.24 bits per heavy atom. The number of rotatable bonds is 2. The average molecular weight is 254 g/mol. The van der Waals surface area contributed by atoms with Gasteiger partial charge >= 0.3 is 5.97 Å². The third kappa shape index (κ3) is 3.13. The number of carboxylic acid groups (broad SMARTS) is 1. The molecule has 0 saturated carbocycles. The zero-order chi connectivity index (χ0) is 12.3. The molecule has 0 aliphatic carbocycles. The number of aliphatic carboxylic acids is 1. The predicted octanol–water partition coefficient (Wildman–Crippen LogP) is 3.03. The third-order valence-electron chi connectivity index (χ3n) is 3.27. The van der Waals surface area contributed by atoms with Gasteiger partial charge in [0.15, 0.2) is 0 Å². The van der Waals surface area contributed by atoms with Gasteiger partial charge in [0.05, 0.1) is 5.92 Å². The fourth-order valence-electron chi connectivity index (χ4n) is 2.25. The van der Waals surface area contributed by atoms with E-state index in [1.807, 2.05) is 24.3 Å². The maximum Gasteiger partial charge on any atom is 0.306 e. The summed E-state index contributed by atoms with van der Waals surface area (Å²) >= 11 is 5.85. The first-order chi connectivity index (χ1) is 8.16. The summed E-state index contributed by atoms with van der Waals surface area (Å²) in [6.45, 7) is 1.73. The highest BCUT2D eigenvalue weighted by molar-refractivity contribution is 6.30. The summed E-state index contributed by atoms with van der Waals surface area (Å²) in [5.41, 5.74) is 1.13. The van der Waals surface area contributed by atoms with Crippen LogP contribution in [0.15, 0.2) is 24.3 Å². The zero-order valence-electron chi connectivity index (χ0n) is 9.60. The van der Waals surface area contributed by atoms with E-state index in [1.54, 1.807) is 0 Å². The standard InChI is InChI=1S/C13H16ClNO2/c14-11-3-5-12(6-4-11)15-8-1-2-10(7-9-15)13(16)17/h3-6,10H,1-2,7-9H2,(H,16,17). The minimum absolute atomic E-state index is 0.188. The molecule has 2 rings (SSSR count). The van der Waals surface area contributed by atoms with Gasteiger partial charge in [-0.25, -0.2) is 0 Å². The molecule has 17 heavy (non-hydrogen) atoms. The second-order valence-corrected chi connectivity index (χ2v) is 4.87. The summed E-state index contributed by atoms with van der Waals surface area (Å²) in [5.74, 6) is -0.852. The average Bonchev–Trinajstić information content (AvgIpc) is 2.55. The van der Waals surface area contributed by atoms with Crippen molar-refractivity contribution in [3.05, 3.63) is 29.3 Å². The SMILES string of the molecule is O=C(O)C1CCCN(c2ccc(Cl)cc2)CC1. The van der Waals surface area contributed by atoms with Crippen molar-refractivity contribution in [1.82, 2.24) is 0 Å². The molecule has 92 valence electrons. The van der Waals surface area contributed by atoms with Crippen LogP contribution in [-0.2, 0) is 4.79 Å². The molecule has 1 heterocycles. The Hall–Kier alpha value is -1.22. The van der Waals surface area contributed by atoms with Crippen LogP contribution in [0.1, 0.15) is 19.3 Å². The van der Waals surface area contributed by atoms with Crippen LogP contribution in [0, 0.1) is 5.92 Å². The van der Waals surface area contributed by atoms with Crippen LogP contribution < -0.4 is 4.90 Å². The molecule has 1 unspecified atom stereocenters. The maximum absolute atomic E-state index is 11.0. The van der Waals surface area contributed by atoms with Crippen LogP contribution in [0.3, 0.4) is 0 Å². The Bertz CT molecular complexity index is 391. The first kappa shape index (κ1) is 12.2. The van der Waals surface area contributed by atoms with Gasteiger partial charge in [-0.15, -0.1) is 0 Å². The molecule has 0 aromatic heterocycles. The summed E-state index contributed by atoms with van der Waals surface area (Å²) in [6, 6.07) is 7.72. The Kier molecular flexibility index (Phi) is 3.89. The molecular weight excluding hydrogens is 238 g/mol. The first-order valence-electron chi connectivity index (χ1n) is 5.90. The van der Waals surface area contributed by atoms with Crippen molar-refractivity contribution in [3.63, 3.8) is 0 Å². The number of carbonyl (C=O) groups is 1. The quantitative estimate of drug-likeness (QED) is 0.881. The highest BCUT2D eigenvalue weighted by atomic mass is 35.5. The van der Waals surface area contributed by atoms with Gasteiger partial charge < -0.3 is 10.0 Å². The zero-order valence-corrected chi connectivity index (χ0v) is 10.4. The number of nitrogens with zero attached hydrogens (tertiary/aromatic N) is 1. The van der Waals surface area contributed by atoms with Crippen LogP contribution in [0.2, 0.25) is 5.02 Å². The molecule has 0 spiro atoms. The molecule has 1 fully saturated rings. The molecule has 1 atom stereocenters. The normalized spacial score (nSPS) is 21.0. The topological polar surface area (TPSA) is 40.5 Å². The van der Waals surface area contributed by atoms with Crippen molar-refractivity contribution in [2.45, 2.75) is 19.3 Å². The van der Waals surface area contributed by atoms with Crippen molar-refractivity contribution in [2.75, 3.05) is 18.0 Å². The molecule has 4 heteroatoms. The lowest BCUT2D eigenvalue weighted by atomic mass is 10.0. The van der Waals surface area contributed by atoms with Gasteiger partial charge in [0.25, 0.3) is 0 Å². The number of hydrogen-bond acceptors (Lipinski definition) is 2. The molecule has 1 saturated heterocycles. The van der Waals surface area contributed by atoms with Gasteiger partial charge in [-0.1, -0.05) is 11.6 Å². The second-order valence-electron chi connectivity index (χ2n) is 4.43. The number of carboxylic acids is 1. The van der Waals surface area contributed by atoms with E-state index < -0.39 is 5.97 Å². The van der Waals surface area contributed by atoms with E-state index in [1.165, 1.54) is 0 Å². The van der Waals surface area contributed by atoms with Crippen LogP contribution in [0.25, 0.3) is 0 Å². The summed E-state index contributed by atoms with van der Waals surface area (Å²) in [5, 5.41) is 9.75. The molecule has 1 aliphatic heterocycles. The lowest BCUT2D eigenvalue weighted by molar-refractivity contribution is -0.142. The number of anilines is 1. The molecule has 0 amide bonds. The molecule has 1 N–H and O–H groups in total. The van der Waals surface area contributed by atoms with Gasteiger partial charge in [-0.05, 0) is 43.5 Å². The van der Waals surface area contributed by atoms with E-state index in [9.17, 15) is 4.79 Å². The van der Waals surface area contributed by atoms with Crippen LogP contribution in [0.4, 0.5) is 5.69 Å². The largest absolute Gasteiger partial charge is 0.481 e. The fraction of sp³-hybridized carbons (Fsp3) is 0.462. The van der Waals surface area contributed by atoms with E-state index in [-0.39, 0.29) is 5.92 Å². The predicted molar refractivity (Wildman–Crippen MR) is 68.6 cm³/mol. The highest BCUT2D eigenvalue weighted by Gasteiger charge is 2.22. The molecule has 1 aromatic carbocycles. The Labute approximate surface area is 106 Å². The lowest BCUT2D eigenvalue weighted by Crippen LogP contribution is -2.24. The fourth-order valence-corrected chi connectivity index (χ4v) is 2.38. The van der Waals surface area contributed by atoms with E-state index in [2.05, 4.69) is 4.90 Å². The second kappa shape index (κ2) is 5.41. The molecule has 3 nitrogen and oxygen atoms in total. The molecule has 0 radical (unpaired) electrons. The van der Waals surface area contributed by atoms with E-state index in [0.29, 0.717) is 0 Å². The highest BCUT2D eigenvalue weighted by Crippen LogP contribution is 2.24. The number of halogens is 1. The minimum atomic E-state index is -0.664. The number of benzene rings is 1. The van der Waals surface area contributed by atoms with Crippen molar-refractivity contribution in [2.24, 2.45) is 5.92 Å². The summed E-state index contributed by atoms with van der Waals surface area (Å²) in [6.07, 6.45) is 2.43. The summed E-state index contributed by atoms with van der Waals surface area (Å²) in [7, 11) is 0. The molecule has 1 aromatic rings. The van der Waals surface area contributed by atoms with Gasteiger partial charge in [0, 0.05) is 23.8 Å². The Balaban J connectivity index is 2.03. The first-order valence-corrected chi connectivity index (χ1v) is 6.28. The van der Waals surface area contributed by atoms with Crippen LogP contribution in [-0.4, -0.2) is 24.2 Å². The third-order valence-corrected chi connectivity index (χ3v) is 3.52. The number of hydrogen-bond donors (Lipinski definition) is 1. The van der Waals surface area contributed by atoms with Crippen molar-refractivity contribution in [3.8, 4) is 0 Å². The van der Waals surface area contributed by atoms with Gasteiger partial charge in [0.1, 0.15) is 0 Å². The van der Waals surface area contributed by atoms with Gasteiger partial charge in [-0.3, -0.25) is 4.79 Å². The van der Waals surface area contributed by atoms with E-state index >= 15 is 0 Å². The lowest BCUT2D eigenvalue weighted by Gasteiger charge is -2.22.